The minimum Gasteiger partial charge on any atom is -0.378 e. The summed E-state index contributed by atoms with van der Waals surface area (Å²) in [6.07, 6.45) is 7.30. The molecule has 3 fully saturated rings. The Hall–Kier alpha value is -0.410. The zero-order chi connectivity index (χ0) is 11.8. The maximum absolute atomic E-state index is 12.2. The highest BCUT2D eigenvalue weighted by atomic mass is 16.6. The van der Waals surface area contributed by atoms with Crippen LogP contribution in [0.25, 0.3) is 0 Å². The molecule has 3 aliphatic rings. The molecule has 0 bridgehead atoms. The largest absolute Gasteiger partial charge is 0.378 e. The Morgan fingerprint density at radius 1 is 1.18 bits per heavy atom. The highest BCUT2D eigenvalue weighted by molar-refractivity contribution is 5.81. The summed E-state index contributed by atoms with van der Waals surface area (Å²) in [5, 5.41) is 0. The van der Waals surface area contributed by atoms with Gasteiger partial charge in [-0.3, -0.25) is 4.79 Å². The van der Waals surface area contributed by atoms with E-state index >= 15 is 0 Å². The fourth-order valence-electron chi connectivity index (χ4n) is 3.42. The first-order valence-electron chi connectivity index (χ1n) is 7.02. The second-order valence-corrected chi connectivity index (χ2v) is 5.97. The second-order valence-electron chi connectivity index (χ2n) is 5.97. The van der Waals surface area contributed by atoms with E-state index in [1.807, 2.05) is 0 Å². The third-order valence-corrected chi connectivity index (χ3v) is 4.54. The molecule has 3 rings (SSSR count). The Labute approximate surface area is 103 Å². The molecule has 0 N–H and O–H groups in total. The molecular formula is C14H22O3. The van der Waals surface area contributed by atoms with Crippen LogP contribution in [0.5, 0.6) is 0 Å². The summed E-state index contributed by atoms with van der Waals surface area (Å²) in [6, 6.07) is 0. The van der Waals surface area contributed by atoms with E-state index < -0.39 is 0 Å². The van der Waals surface area contributed by atoms with E-state index in [-0.39, 0.29) is 5.92 Å². The zero-order valence-corrected chi connectivity index (χ0v) is 10.6. The van der Waals surface area contributed by atoms with E-state index in [9.17, 15) is 4.79 Å². The van der Waals surface area contributed by atoms with Gasteiger partial charge in [-0.2, -0.15) is 0 Å². The summed E-state index contributed by atoms with van der Waals surface area (Å²) in [7, 11) is 0. The van der Waals surface area contributed by atoms with Crippen LogP contribution in [0.2, 0.25) is 0 Å². The van der Waals surface area contributed by atoms with Gasteiger partial charge in [0.15, 0.2) is 0 Å². The summed E-state index contributed by atoms with van der Waals surface area (Å²) in [5.74, 6) is 1.33. The number of carbonyl (C=O) groups is 1. The lowest BCUT2D eigenvalue weighted by Crippen LogP contribution is -2.28. The summed E-state index contributed by atoms with van der Waals surface area (Å²) < 4.78 is 11.0. The highest BCUT2D eigenvalue weighted by Crippen LogP contribution is 2.40. The minimum atomic E-state index is 0.289. The molecule has 17 heavy (non-hydrogen) atoms. The van der Waals surface area contributed by atoms with Crippen molar-refractivity contribution in [3.63, 3.8) is 0 Å². The molecule has 0 spiro atoms. The van der Waals surface area contributed by atoms with Gasteiger partial charge in [-0.25, -0.2) is 0 Å². The molecule has 96 valence electrons. The molecular weight excluding hydrogens is 216 g/mol. The van der Waals surface area contributed by atoms with Gasteiger partial charge in [-0.05, 0) is 44.9 Å². The first-order chi connectivity index (χ1) is 8.22. The molecule has 3 heteroatoms. The lowest BCUT2D eigenvalue weighted by molar-refractivity contribution is -0.125. The number of epoxide rings is 1. The molecule has 3 nitrogen and oxygen atoms in total. The van der Waals surface area contributed by atoms with E-state index in [2.05, 4.69) is 6.92 Å². The zero-order valence-electron chi connectivity index (χ0n) is 10.6. The predicted octanol–water partition coefficient (Wildman–Crippen LogP) is 2.33. The first-order valence-corrected chi connectivity index (χ1v) is 7.02. The number of ketones is 1. The van der Waals surface area contributed by atoms with Crippen molar-refractivity contribution >= 4 is 5.78 Å². The molecule has 0 radical (unpaired) electrons. The van der Waals surface area contributed by atoms with Crippen LogP contribution in [-0.4, -0.2) is 30.7 Å². The number of ether oxygens (including phenoxy) is 2. The van der Waals surface area contributed by atoms with Crippen molar-refractivity contribution in [3.8, 4) is 0 Å². The van der Waals surface area contributed by atoms with Gasteiger partial charge in [-0.1, -0.05) is 0 Å². The second kappa shape index (κ2) is 4.69. The Balaban J connectivity index is 1.48. The molecule has 0 aromatic carbocycles. The van der Waals surface area contributed by atoms with Crippen LogP contribution in [0.15, 0.2) is 0 Å². The van der Waals surface area contributed by atoms with Crippen LogP contribution >= 0.6 is 0 Å². The van der Waals surface area contributed by atoms with Crippen molar-refractivity contribution in [1.82, 2.24) is 0 Å². The molecule has 0 amide bonds. The fraction of sp³-hybridized carbons (Fsp3) is 0.929. The number of hydrogen-bond donors (Lipinski definition) is 0. The fourth-order valence-corrected chi connectivity index (χ4v) is 3.42. The van der Waals surface area contributed by atoms with Gasteiger partial charge in [0.25, 0.3) is 0 Å². The maximum atomic E-state index is 12.2. The van der Waals surface area contributed by atoms with Crippen molar-refractivity contribution in [2.24, 2.45) is 11.8 Å². The first kappa shape index (κ1) is 11.7. The minimum absolute atomic E-state index is 0.289. The SMILES string of the molecule is CC1CC(CC(=O)C2CCC3OC3C2)CCO1. The van der Waals surface area contributed by atoms with E-state index in [0.717, 1.165) is 45.1 Å². The third-order valence-electron chi connectivity index (χ3n) is 4.54. The van der Waals surface area contributed by atoms with E-state index in [1.54, 1.807) is 0 Å². The van der Waals surface area contributed by atoms with Crippen LogP contribution in [0.3, 0.4) is 0 Å². The number of Topliss-reactive ketones (excluding diaryl/α,β-unsaturated/α-hetero) is 1. The lowest BCUT2D eigenvalue weighted by atomic mass is 9.81. The average molecular weight is 238 g/mol. The van der Waals surface area contributed by atoms with Gasteiger partial charge in [0, 0.05) is 18.9 Å². The third kappa shape index (κ3) is 2.71. The van der Waals surface area contributed by atoms with E-state index in [1.165, 1.54) is 0 Å². The van der Waals surface area contributed by atoms with E-state index in [0.29, 0.717) is 30.0 Å². The molecule has 5 unspecified atom stereocenters. The van der Waals surface area contributed by atoms with Gasteiger partial charge in [0.1, 0.15) is 5.78 Å². The van der Waals surface area contributed by atoms with Crippen LogP contribution in [-0.2, 0) is 14.3 Å². The highest BCUT2D eigenvalue weighted by Gasteiger charge is 2.45. The number of rotatable bonds is 3. The predicted molar refractivity (Wildman–Crippen MR) is 63.8 cm³/mol. The van der Waals surface area contributed by atoms with Gasteiger partial charge < -0.3 is 9.47 Å². The standard InChI is InChI=1S/C14H22O3/c1-9-6-10(4-5-16-9)7-12(15)11-2-3-13-14(8-11)17-13/h9-11,13-14H,2-8H2,1H3. The topological polar surface area (TPSA) is 38.8 Å². The van der Waals surface area contributed by atoms with Crippen molar-refractivity contribution in [2.75, 3.05) is 6.61 Å². The molecule has 2 heterocycles. The van der Waals surface area contributed by atoms with Crippen molar-refractivity contribution in [1.29, 1.82) is 0 Å². The molecule has 5 atom stereocenters. The summed E-state index contributed by atoms with van der Waals surface area (Å²) in [6.45, 7) is 2.94. The van der Waals surface area contributed by atoms with Crippen molar-refractivity contribution in [3.05, 3.63) is 0 Å². The molecule has 0 aromatic rings. The normalized spacial score (nSPS) is 45.1. The van der Waals surface area contributed by atoms with Crippen LogP contribution < -0.4 is 0 Å². The number of hydrogen-bond acceptors (Lipinski definition) is 3. The summed E-state index contributed by atoms with van der Waals surface area (Å²) in [5.41, 5.74) is 0. The maximum Gasteiger partial charge on any atom is 0.136 e. The molecule has 1 saturated carbocycles. The van der Waals surface area contributed by atoms with Crippen LogP contribution in [0, 0.1) is 11.8 Å². The monoisotopic (exact) mass is 238 g/mol. The molecule has 0 aromatic heterocycles. The van der Waals surface area contributed by atoms with Crippen LogP contribution in [0.4, 0.5) is 0 Å². The number of fused-ring (bicyclic) bond motifs is 1. The average Bonchev–Trinajstić information content (AvgIpc) is 3.06. The Morgan fingerprint density at radius 2 is 2.06 bits per heavy atom. The lowest BCUT2D eigenvalue weighted by Gasteiger charge is -2.28. The smallest absolute Gasteiger partial charge is 0.136 e. The summed E-state index contributed by atoms with van der Waals surface area (Å²) in [4.78, 5) is 12.2. The Morgan fingerprint density at radius 3 is 2.82 bits per heavy atom. The van der Waals surface area contributed by atoms with Crippen molar-refractivity contribution in [2.45, 2.75) is 63.8 Å². The molecule has 1 aliphatic carbocycles. The number of carbonyl (C=O) groups excluding carboxylic acids is 1. The quantitative estimate of drug-likeness (QED) is 0.708. The Bertz CT molecular complexity index is 302. The van der Waals surface area contributed by atoms with Gasteiger partial charge in [-0.15, -0.1) is 0 Å². The van der Waals surface area contributed by atoms with Gasteiger partial charge in [0.2, 0.25) is 0 Å². The summed E-state index contributed by atoms with van der Waals surface area (Å²) >= 11 is 0. The molecule has 2 saturated heterocycles. The Kier molecular flexibility index (Phi) is 3.22. The van der Waals surface area contributed by atoms with Crippen molar-refractivity contribution < 1.29 is 14.3 Å². The van der Waals surface area contributed by atoms with Crippen LogP contribution in [0.1, 0.15) is 45.4 Å². The van der Waals surface area contributed by atoms with E-state index in [4.69, 9.17) is 9.47 Å². The van der Waals surface area contributed by atoms with Gasteiger partial charge in [0.05, 0.1) is 18.3 Å². The molecule has 2 aliphatic heterocycles. The van der Waals surface area contributed by atoms with Gasteiger partial charge >= 0.3 is 0 Å².